The van der Waals surface area contributed by atoms with Crippen LogP contribution in [-0.4, -0.2) is 18.6 Å². The second-order valence-electron chi connectivity index (χ2n) is 4.69. The maximum Gasteiger partial charge on any atom is 0.217 e. The van der Waals surface area contributed by atoms with Gasteiger partial charge in [-0.05, 0) is 25.3 Å². The van der Waals surface area contributed by atoms with E-state index in [1.807, 2.05) is 0 Å². The molecule has 3 nitrogen and oxygen atoms in total. The number of hydrogen-bond acceptors (Lipinski definition) is 2. The molecule has 17 heavy (non-hydrogen) atoms. The van der Waals surface area contributed by atoms with Gasteiger partial charge in [0.25, 0.3) is 0 Å². The van der Waals surface area contributed by atoms with Crippen molar-refractivity contribution in [1.82, 2.24) is 5.32 Å². The highest BCUT2D eigenvalue weighted by Gasteiger charge is 2.24. The van der Waals surface area contributed by atoms with Crippen LogP contribution in [0.5, 0.6) is 0 Å². The van der Waals surface area contributed by atoms with Crippen molar-refractivity contribution in [3.05, 3.63) is 35.4 Å². The first-order valence-corrected chi connectivity index (χ1v) is 6.10. The van der Waals surface area contributed by atoms with Crippen LogP contribution in [-0.2, 0) is 9.53 Å². The molecule has 2 rings (SSSR count). The van der Waals surface area contributed by atoms with E-state index >= 15 is 0 Å². The molecule has 1 aliphatic heterocycles. The minimum Gasteiger partial charge on any atom is -0.373 e. The van der Waals surface area contributed by atoms with E-state index in [2.05, 4.69) is 36.5 Å². The monoisotopic (exact) mass is 233 g/mol. The molecule has 2 atom stereocenters. The lowest BCUT2D eigenvalue weighted by molar-refractivity contribution is -0.120. The normalized spacial score (nSPS) is 24.4. The number of carbonyl (C=O) groups excluding carboxylic acids is 1. The molecule has 1 saturated heterocycles. The van der Waals surface area contributed by atoms with Gasteiger partial charge in [-0.1, -0.05) is 29.8 Å². The van der Waals surface area contributed by atoms with Crippen molar-refractivity contribution >= 4 is 5.91 Å². The van der Waals surface area contributed by atoms with Crippen LogP contribution in [0.25, 0.3) is 0 Å². The van der Waals surface area contributed by atoms with Crippen LogP contribution in [0.1, 0.15) is 37.0 Å². The summed E-state index contributed by atoms with van der Waals surface area (Å²) in [5.41, 5.74) is 2.45. The number of benzene rings is 1. The second-order valence-corrected chi connectivity index (χ2v) is 4.69. The summed E-state index contributed by atoms with van der Waals surface area (Å²) in [6.07, 6.45) is 1.88. The highest BCUT2D eigenvalue weighted by molar-refractivity contribution is 5.73. The molecule has 1 heterocycles. The van der Waals surface area contributed by atoms with E-state index < -0.39 is 0 Å². The minimum atomic E-state index is 0.0413. The number of amides is 1. The molecule has 1 aromatic rings. The minimum absolute atomic E-state index is 0.0413. The number of rotatable bonds is 2. The molecule has 1 aromatic carbocycles. The Bertz CT molecular complexity index is 386. The molecule has 1 amide bonds. The lowest BCUT2D eigenvalue weighted by Gasteiger charge is -2.30. The topological polar surface area (TPSA) is 38.3 Å². The Morgan fingerprint density at radius 3 is 2.71 bits per heavy atom. The third-order valence-electron chi connectivity index (χ3n) is 3.14. The largest absolute Gasteiger partial charge is 0.373 e. The molecular formula is C14H19NO2. The Labute approximate surface area is 102 Å². The lowest BCUT2D eigenvalue weighted by atomic mass is 9.97. The van der Waals surface area contributed by atoms with E-state index in [-0.39, 0.29) is 18.1 Å². The van der Waals surface area contributed by atoms with Gasteiger partial charge in [-0.15, -0.1) is 0 Å². The quantitative estimate of drug-likeness (QED) is 0.851. The van der Waals surface area contributed by atoms with Gasteiger partial charge in [0, 0.05) is 19.6 Å². The molecule has 0 bridgehead atoms. The molecule has 1 fully saturated rings. The van der Waals surface area contributed by atoms with Crippen molar-refractivity contribution in [2.24, 2.45) is 0 Å². The number of hydrogen-bond donors (Lipinski definition) is 1. The Balaban J connectivity index is 2.01. The maximum absolute atomic E-state index is 11.0. The summed E-state index contributed by atoms with van der Waals surface area (Å²) >= 11 is 0. The van der Waals surface area contributed by atoms with Gasteiger partial charge in [-0.3, -0.25) is 4.79 Å². The van der Waals surface area contributed by atoms with Crippen LogP contribution in [0.2, 0.25) is 0 Å². The average Bonchev–Trinajstić information content (AvgIpc) is 2.29. The van der Waals surface area contributed by atoms with Crippen LogP contribution < -0.4 is 5.32 Å². The molecule has 1 aliphatic rings. The van der Waals surface area contributed by atoms with Gasteiger partial charge in [-0.2, -0.15) is 0 Å². The fourth-order valence-electron chi connectivity index (χ4n) is 2.23. The van der Waals surface area contributed by atoms with Crippen molar-refractivity contribution < 1.29 is 9.53 Å². The molecule has 3 heteroatoms. The summed E-state index contributed by atoms with van der Waals surface area (Å²) in [6, 6.07) is 8.65. The second kappa shape index (κ2) is 5.32. The van der Waals surface area contributed by atoms with Gasteiger partial charge in [0.05, 0.1) is 6.10 Å². The Kier molecular flexibility index (Phi) is 3.79. The standard InChI is InChI=1S/C14H19NO2/c1-10-3-5-12(6-4-10)14-9-13(7-8-17-14)15-11(2)16/h3-6,13-14H,7-9H2,1-2H3,(H,15,16)/t13-,14+/m1/s1. The summed E-state index contributed by atoms with van der Waals surface area (Å²) in [5, 5.41) is 2.97. The lowest BCUT2D eigenvalue weighted by Crippen LogP contribution is -2.38. The number of aryl methyl sites for hydroxylation is 1. The van der Waals surface area contributed by atoms with E-state index in [0.29, 0.717) is 6.61 Å². The van der Waals surface area contributed by atoms with Crippen molar-refractivity contribution in [1.29, 1.82) is 0 Å². The van der Waals surface area contributed by atoms with E-state index in [4.69, 9.17) is 4.74 Å². The van der Waals surface area contributed by atoms with Gasteiger partial charge in [-0.25, -0.2) is 0 Å². The predicted octanol–water partition coefficient (Wildman–Crippen LogP) is 2.35. The molecule has 0 aliphatic carbocycles. The van der Waals surface area contributed by atoms with E-state index in [9.17, 15) is 4.79 Å². The Morgan fingerprint density at radius 1 is 1.35 bits per heavy atom. The van der Waals surface area contributed by atoms with Gasteiger partial charge >= 0.3 is 0 Å². The predicted molar refractivity (Wildman–Crippen MR) is 66.7 cm³/mol. The molecule has 92 valence electrons. The summed E-state index contributed by atoms with van der Waals surface area (Å²) < 4.78 is 5.76. The van der Waals surface area contributed by atoms with Crippen LogP contribution in [0, 0.1) is 6.92 Å². The van der Waals surface area contributed by atoms with Crippen LogP contribution >= 0.6 is 0 Å². The van der Waals surface area contributed by atoms with Crippen LogP contribution in [0.15, 0.2) is 24.3 Å². The van der Waals surface area contributed by atoms with Gasteiger partial charge < -0.3 is 10.1 Å². The smallest absolute Gasteiger partial charge is 0.217 e. The number of carbonyl (C=O) groups is 1. The van der Waals surface area contributed by atoms with Gasteiger partial charge in [0.2, 0.25) is 5.91 Å². The number of nitrogens with one attached hydrogen (secondary N) is 1. The van der Waals surface area contributed by atoms with Gasteiger partial charge in [0.1, 0.15) is 0 Å². The van der Waals surface area contributed by atoms with Gasteiger partial charge in [0.15, 0.2) is 0 Å². The zero-order valence-electron chi connectivity index (χ0n) is 10.4. The number of ether oxygens (including phenoxy) is 1. The zero-order valence-corrected chi connectivity index (χ0v) is 10.4. The van der Waals surface area contributed by atoms with Crippen molar-refractivity contribution in [2.75, 3.05) is 6.61 Å². The van der Waals surface area contributed by atoms with Crippen molar-refractivity contribution in [3.8, 4) is 0 Å². The molecule has 1 N–H and O–H groups in total. The molecule has 0 aromatic heterocycles. The Morgan fingerprint density at radius 2 is 2.06 bits per heavy atom. The molecule has 0 spiro atoms. The van der Waals surface area contributed by atoms with Crippen LogP contribution in [0.4, 0.5) is 0 Å². The first-order valence-electron chi connectivity index (χ1n) is 6.10. The molecule has 0 saturated carbocycles. The third-order valence-corrected chi connectivity index (χ3v) is 3.14. The molecule has 0 radical (unpaired) electrons. The van der Waals surface area contributed by atoms with E-state index in [1.54, 1.807) is 6.92 Å². The van der Waals surface area contributed by atoms with Crippen LogP contribution in [0.3, 0.4) is 0 Å². The van der Waals surface area contributed by atoms with E-state index in [0.717, 1.165) is 12.8 Å². The summed E-state index contributed by atoms with van der Waals surface area (Å²) in [6.45, 7) is 4.35. The molecular weight excluding hydrogens is 214 g/mol. The van der Waals surface area contributed by atoms with Crippen molar-refractivity contribution in [2.45, 2.75) is 38.8 Å². The fourth-order valence-corrected chi connectivity index (χ4v) is 2.23. The maximum atomic E-state index is 11.0. The third kappa shape index (κ3) is 3.30. The fraction of sp³-hybridized carbons (Fsp3) is 0.500. The highest BCUT2D eigenvalue weighted by Crippen LogP contribution is 2.28. The van der Waals surface area contributed by atoms with Crippen molar-refractivity contribution in [3.63, 3.8) is 0 Å². The first-order chi connectivity index (χ1) is 8.15. The Hall–Kier alpha value is -1.35. The summed E-state index contributed by atoms with van der Waals surface area (Å²) in [7, 11) is 0. The first kappa shape index (κ1) is 12.1. The highest BCUT2D eigenvalue weighted by atomic mass is 16.5. The summed E-state index contributed by atoms with van der Waals surface area (Å²) in [5.74, 6) is 0.0413. The molecule has 0 unspecified atom stereocenters. The van der Waals surface area contributed by atoms with E-state index in [1.165, 1.54) is 11.1 Å². The SMILES string of the molecule is CC(=O)N[C@@H]1CCO[C@H](c2ccc(C)cc2)C1. The zero-order chi connectivity index (χ0) is 12.3. The summed E-state index contributed by atoms with van der Waals surface area (Å²) in [4.78, 5) is 11.0. The average molecular weight is 233 g/mol.